The van der Waals surface area contributed by atoms with Crippen LogP contribution in [0.4, 0.5) is 13.2 Å². The van der Waals surface area contributed by atoms with Crippen LogP contribution in [0.3, 0.4) is 0 Å². The summed E-state index contributed by atoms with van der Waals surface area (Å²) in [5, 5.41) is 17.7. The van der Waals surface area contributed by atoms with Gasteiger partial charge in [-0.05, 0) is 43.2 Å². The summed E-state index contributed by atoms with van der Waals surface area (Å²) in [7, 11) is 0. The third-order valence-corrected chi connectivity index (χ3v) is 5.72. The van der Waals surface area contributed by atoms with Gasteiger partial charge in [0, 0.05) is 23.6 Å². The summed E-state index contributed by atoms with van der Waals surface area (Å²) < 4.78 is 43.3. The molecule has 0 saturated carbocycles. The van der Waals surface area contributed by atoms with Gasteiger partial charge < -0.3 is 15.0 Å². The molecule has 2 aromatic heterocycles. The summed E-state index contributed by atoms with van der Waals surface area (Å²) >= 11 is 0. The first-order valence-electron chi connectivity index (χ1n) is 10.1. The lowest BCUT2D eigenvalue weighted by atomic mass is 10.1. The first kappa shape index (κ1) is 20.3. The third kappa shape index (κ3) is 3.32. The topological polar surface area (TPSA) is 87.0 Å². The van der Waals surface area contributed by atoms with Gasteiger partial charge in [0.25, 0.3) is 5.91 Å². The number of aliphatic hydroxyl groups excluding tert-OH is 1. The molecular formula is C22H18F3N5O2. The molecule has 2 N–H and O–H groups in total. The molecule has 0 unspecified atom stereocenters. The van der Waals surface area contributed by atoms with Crippen LogP contribution in [-0.4, -0.2) is 55.1 Å². The summed E-state index contributed by atoms with van der Waals surface area (Å²) in [5.74, 6) is -2.40. The van der Waals surface area contributed by atoms with Gasteiger partial charge in [-0.25, -0.2) is 17.9 Å². The number of fused-ring (bicyclic) bond motifs is 1. The second-order valence-electron chi connectivity index (χ2n) is 7.69. The van der Waals surface area contributed by atoms with Crippen LogP contribution in [0, 0.1) is 17.5 Å². The second-order valence-corrected chi connectivity index (χ2v) is 7.69. The molecular weight excluding hydrogens is 423 g/mol. The number of halogens is 3. The number of hydrogen-bond acceptors (Lipinski definition) is 4. The number of likely N-dealkylation sites (tertiary alicyclic amines) is 1. The number of H-pyrrole nitrogens is 1. The van der Waals surface area contributed by atoms with E-state index in [1.54, 1.807) is 4.90 Å². The molecule has 0 spiro atoms. The molecule has 1 fully saturated rings. The van der Waals surface area contributed by atoms with Gasteiger partial charge in [-0.15, -0.1) is 5.10 Å². The largest absolute Gasteiger partial charge is 0.394 e. The van der Waals surface area contributed by atoms with Gasteiger partial charge in [-0.3, -0.25) is 4.79 Å². The van der Waals surface area contributed by atoms with Crippen molar-refractivity contribution >= 4 is 16.8 Å². The molecule has 1 aliphatic heterocycles. The van der Waals surface area contributed by atoms with E-state index in [1.165, 1.54) is 35.1 Å². The van der Waals surface area contributed by atoms with Gasteiger partial charge in [-0.1, -0.05) is 5.21 Å². The van der Waals surface area contributed by atoms with E-state index >= 15 is 0 Å². The minimum Gasteiger partial charge on any atom is -0.394 e. The molecule has 4 aromatic rings. The van der Waals surface area contributed by atoms with Crippen molar-refractivity contribution in [2.24, 2.45) is 0 Å². The van der Waals surface area contributed by atoms with E-state index in [9.17, 15) is 23.1 Å². The van der Waals surface area contributed by atoms with Gasteiger partial charge in [0.05, 0.1) is 35.7 Å². The first-order chi connectivity index (χ1) is 15.5. The molecule has 1 aliphatic rings. The van der Waals surface area contributed by atoms with Gasteiger partial charge in [-0.2, -0.15) is 0 Å². The first-order valence-corrected chi connectivity index (χ1v) is 10.1. The van der Waals surface area contributed by atoms with Crippen LogP contribution in [-0.2, 0) is 0 Å². The van der Waals surface area contributed by atoms with Gasteiger partial charge in [0.15, 0.2) is 5.69 Å². The molecule has 0 aliphatic carbocycles. The molecule has 7 nitrogen and oxygen atoms in total. The second kappa shape index (κ2) is 7.79. The average Bonchev–Trinajstić information content (AvgIpc) is 3.51. The van der Waals surface area contributed by atoms with Crippen molar-refractivity contribution in [1.29, 1.82) is 0 Å². The predicted molar refractivity (Wildman–Crippen MR) is 110 cm³/mol. The van der Waals surface area contributed by atoms with Gasteiger partial charge in [0.1, 0.15) is 17.5 Å². The Morgan fingerprint density at radius 1 is 1.16 bits per heavy atom. The predicted octanol–water partition coefficient (Wildman–Crippen LogP) is 3.43. The summed E-state index contributed by atoms with van der Waals surface area (Å²) in [6.45, 7) is 0.358. The normalized spacial score (nSPS) is 16.2. The molecule has 1 saturated heterocycles. The summed E-state index contributed by atoms with van der Waals surface area (Å²) in [5.41, 5.74) is 1.24. The standard InChI is InChI=1S/C22H18F3N5O2/c23-13-5-3-12(4-6-13)19-21(16-8-14(24)9-17(25)20(16)26-19)30-10-18(27-28-30)22(32)29-7-1-2-15(29)11-31/h3-6,8-10,15,26,31H,1-2,7,11H2/t15-/m1/s1. The molecule has 2 aromatic carbocycles. The van der Waals surface area contributed by atoms with Crippen molar-refractivity contribution in [2.45, 2.75) is 18.9 Å². The number of aromatic amines is 1. The Morgan fingerprint density at radius 3 is 2.69 bits per heavy atom. The Labute approximate surface area is 180 Å². The average molecular weight is 441 g/mol. The highest BCUT2D eigenvalue weighted by Crippen LogP contribution is 2.35. The lowest BCUT2D eigenvalue weighted by Gasteiger charge is -2.21. The Hall–Kier alpha value is -3.66. The number of aromatic nitrogens is 4. The minimum atomic E-state index is -0.797. The van der Waals surface area contributed by atoms with Crippen molar-refractivity contribution < 1.29 is 23.1 Å². The van der Waals surface area contributed by atoms with Gasteiger partial charge in [0.2, 0.25) is 0 Å². The van der Waals surface area contributed by atoms with Crippen LogP contribution in [0.5, 0.6) is 0 Å². The number of nitrogens with zero attached hydrogens (tertiary/aromatic N) is 4. The number of benzene rings is 2. The Kier molecular flexibility index (Phi) is 4.93. The van der Waals surface area contributed by atoms with Crippen LogP contribution in [0.1, 0.15) is 23.3 Å². The molecule has 32 heavy (non-hydrogen) atoms. The maximum absolute atomic E-state index is 14.5. The van der Waals surface area contributed by atoms with Crippen LogP contribution < -0.4 is 0 Å². The zero-order valence-electron chi connectivity index (χ0n) is 16.7. The van der Waals surface area contributed by atoms with Crippen LogP contribution >= 0.6 is 0 Å². The smallest absolute Gasteiger partial charge is 0.276 e. The van der Waals surface area contributed by atoms with Crippen molar-refractivity contribution in [1.82, 2.24) is 24.9 Å². The Balaban J connectivity index is 1.64. The van der Waals surface area contributed by atoms with E-state index in [0.29, 0.717) is 24.2 Å². The highest BCUT2D eigenvalue weighted by atomic mass is 19.1. The molecule has 164 valence electrons. The molecule has 0 radical (unpaired) electrons. The lowest BCUT2D eigenvalue weighted by Crippen LogP contribution is -2.37. The van der Waals surface area contributed by atoms with Crippen LogP contribution in [0.25, 0.3) is 27.8 Å². The number of carbonyl (C=O) groups excluding carboxylic acids is 1. The quantitative estimate of drug-likeness (QED) is 0.508. The van der Waals surface area contributed by atoms with Gasteiger partial charge >= 0.3 is 0 Å². The van der Waals surface area contributed by atoms with E-state index in [1.807, 2.05) is 0 Å². The Bertz CT molecular complexity index is 1320. The number of rotatable bonds is 4. The Morgan fingerprint density at radius 2 is 1.94 bits per heavy atom. The maximum Gasteiger partial charge on any atom is 0.276 e. The molecule has 3 heterocycles. The summed E-state index contributed by atoms with van der Waals surface area (Å²) in [4.78, 5) is 17.4. The maximum atomic E-state index is 14.5. The number of aliphatic hydroxyl groups is 1. The highest BCUT2D eigenvalue weighted by Gasteiger charge is 2.31. The van der Waals surface area contributed by atoms with Crippen LogP contribution in [0.2, 0.25) is 0 Å². The van der Waals surface area contributed by atoms with Crippen molar-refractivity contribution in [3.05, 3.63) is 65.7 Å². The summed E-state index contributed by atoms with van der Waals surface area (Å²) in [6, 6.07) is 7.13. The lowest BCUT2D eigenvalue weighted by molar-refractivity contribution is 0.0671. The molecule has 10 heteroatoms. The minimum absolute atomic E-state index is 0.0432. The fourth-order valence-electron chi connectivity index (χ4n) is 4.18. The van der Waals surface area contributed by atoms with E-state index in [0.717, 1.165) is 18.6 Å². The fraction of sp³-hybridized carbons (Fsp3) is 0.227. The van der Waals surface area contributed by atoms with E-state index in [4.69, 9.17) is 0 Å². The van der Waals surface area contributed by atoms with Crippen molar-refractivity contribution in [2.75, 3.05) is 13.2 Å². The SMILES string of the molecule is O=C(c1cn(-c2c(-c3ccc(F)cc3)[nH]c3c(F)cc(F)cc23)nn1)N1CCC[C@@H]1CO. The molecule has 1 amide bonds. The van der Waals surface area contributed by atoms with E-state index in [-0.39, 0.29) is 40.8 Å². The zero-order valence-corrected chi connectivity index (χ0v) is 16.7. The third-order valence-electron chi connectivity index (χ3n) is 5.72. The van der Waals surface area contributed by atoms with Crippen molar-refractivity contribution in [3.8, 4) is 16.9 Å². The van der Waals surface area contributed by atoms with Crippen LogP contribution in [0.15, 0.2) is 42.6 Å². The van der Waals surface area contributed by atoms with E-state index < -0.39 is 17.5 Å². The number of hydrogen-bond donors (Lipinski definition) is 2. The highest BCUT2D eigenvalue weighted by molar-refractivity contribution is 5.97. The zero-order chi connectivity index (χ0) is 22.4. The van der Waals surface area contributed by atoms with Crippen molar-refractivity contribution in [3.63, 3.8) is 0 Å². The fourth-order valence-corrected chi connectivity index (χ4v) is 4.18. The number of carbonyl (C=O) groups is 1. The van der Waals surface area contributed by atoms with E-state index in [2.05, 4.69) is 15.3 Å². The molecule has 0 bridgehead atoms. The molecule has 5 rings (SSSR count). The number of nitrogens with one attached hydrogen (secondary N) is 1. The summed E-state index contributed by atoms with van der Waals surface area (Å²) in [6.07, 6.45) is 2.86. The molecule has 1 atom stereocenters. The monoisotopic (exact) mass is 441 g/mol. The number of amides is 1.